The van der Waals surface area contributed by atoms with Crippen LogP contribution in [0.15, 0.2) is 0 Å². The summed E-state index contributed by atoms with van der Waals surface area (Å²) in [6, 6.07) is 0. The van der Waals surface area contributed by atoms with Crippen molar-refractivity contribution < 1.29 is 5.11 Å². The number of aliphatic hydroxyl groups is 1. The molecule has 2 N–H and O–H groups in total. The topological polar surface area (TPSA) is 32.3 Å². The third-order valence-electron chi connectivity index (χ3n) is 1.90. The molecule has 1 atom stereocenters. The van der Waals surface area contributed by atoms with Crippen molar-refractivity contribution >= 4 is 0 Å². The summed E-state index contributed by atoms with van der Waals surface area (Å²) < 4.78 is 0. The van der Waals surface area contributed by atoms with Crippen LogP contribution in [0.5, 0.6) is 0 Å². The van der Waals surface area contributed by atoms with Gasteiger partial charge in [-0.15, -0.1) is 0 Å². The minimum absolute atomic E-state index is 0.206. The Hall–Kier alpha value is -0.0800. The molecule has 0 heterocycles. The molecular weight excluding hydrogens is 126 g/mol. The first-order chi connectivity index (χ1) is 4.52. The van der Waals surface area contributed by atoms with Gasteiger partial charge in [0.2, 0.25) is 0 Å². The molecule has 0 aliphatic rings. The van der Waals surface area contributed by atoms with E-state index in [1.54, 1.807) is 0 Å². The Morgan fingerprint density at radius 2 is 1.90 bits per heavy atom. The first-order valence-corrected chi connectivity index (χ1v) is 3.77. The van der Waals surface area contributed by atoms with Crippen LogP contribution in [0.3, 0.4) is 0 Å². The van der Waals surface area contributed by atoms with Gasteiger partial charge in [0.05, 0.1) is 0 Å². The lowest BCUT2D eigenvalue weighted by Crippen LogP contribution is -2.32. The van der Waals surface area contributed by atoms with E-state index in [1.807, 2.05) is 7.05 Å². The van der Waals surface area contributed by atoms with Crippen LogP contribution in [0, 0.1) is 11.3 Å². The molecule has 0 fully saturated rings. The van der Waals surface area contributed by atoms with Crippen LogP contribution in [0.2, 0.25) is 0 Å². The van der Waals surface area contributed by atoms with Crippen LogP contribution >= 0.6 is 0 Å². The lowest BCUT2D eigenvalue weighted by atomic mass is 9.81. The molecule has 0 aromatic heterocycles. The zero-order chi connectivity index (χ0) is 8.20. The van der Waals surface area contributed by atoms with Crippen molar-refractivity contribution in [3.8, 4) is 0 Å². The van der Waals surface area contributed by atoms with E-state index in [2.05, 4.69) is 26.1 Å². The van der Waals surface area contributed by atoms with E-state index in [9.17, 15) is 0 Å². The highest BCUT2D eigenvalue weighted by molar-refractivity contribution is 4.74. The first-order valence-electron chi connectivity index (χ1n) is 3.77. The molecule has 10 heavy (non-hydrogen) atoms. The largest absolute Gasteiger partial charge is 0.396 e. The van der Waals surface area contributed by atoms with Gasteiger partial charge >= 0.3 is 0 Å². The highest BCUT2D eigenvalue weighted by Crippen LogP contribution is 2.24. The van der Waals surface area contributed by atoms with Crippen molar-refractivity contribution in [3.05, 3.63) is 0 Å². The fourth-order valence-corrected chi connectivity index (χ4v) is 0.891. The second-order valence-electron chi connectivity index (χ2n) is 3.80. The van der Waals surface area contributed by atoms with Gasteiger partial charge < -0.3 is 10.4 Å². The predicted octanol–water partition coefficient (Wildman–Crippen LogP) is 0.860. The zero-order valence-electron chi connectivity index (χ0n) is 7.44. The molecule has 0 unspecified atom stereocenters. The predicted molar refractivity (Wildman–Crippen MR) is 44.0 cm³/mol. The van der Waals surface area contributed by atoms with Crippen molar-refractivity contribution in [2.75, 3.05) is 20.2 Å². The molecule has 2 heteroatoms. The minimum Gasteiger partial charge on any atom is -0.396 e. The first kappa shape index (κ1) is 9.92. The molecule has 0 bridgehead atoms. The Kier molecular flexibility index (Phi) is 3.91. The number of hydrogen-bond donors (Lipinski definition) is 2. The smallest absolute Gasteiger partial charge is 0.0476 e. The van der Waals surface area contributed by atoms with Crippen LogP contribution in [-0.2, 0) is 0 Å². The van der Waals surface area contributed by atoms with Crippen molar-refractivity contribution in [3.63, 3.8) is 0 Å². The van der Waals surface area contributed by atoms with Gasteiger partial charge in [-0.25, -0.2) is 0 Å². The van der Waals surface area contributed by atoms with E-state index in [0.717, 1.165) is 6.54 Å². The summed E-state index contributed by atoms with van der Waals surface area (Å²) >= 11 is 0. The Morgan fingerprint density at radius 3 is 2.00 bits per heavy atom. The summed E-state index contributed by atoms with van der Waals surface area (Å²) in [6.45, 7) is 7.59. The molecule has 0 rings (SSSR count). The van der Waals surface area contributed by atoms with Gasteiger partial charge in [-0.1, -0.05) is 20.8 Å². The molecule has 0 radical (unpaired) electrons. The van der Waals surface area contributed by atoms with Crippen LogP contribution < -0.4 is 5.32 Å². The third kappa shape index (κ3) is 3.18. The molecule has 0 aromatic carbocycles. The van der Waals surface area contributed by atoms with Gasteiger partial charge in [-0.3, -0.25) is 0 Å². The average Bonchev–Trinajstić information content (AvgIpc) is 1.80. The summed E-state index contributed by atoms with van der Waals surface area (Å²) in [6.07, 6.45) is 0. The Morgan fingerprint density at radius 1 is 1.40 bits per heavy atom. The average molecular weight is 145 g/mol. The maximum atomic E-state index is 8.95. The van der Waals surface area contributed by atoms with Gasteiger partial charge in [0.1, 0.15) is 0 Å². The Labute approximate surface area is 63.6 Å². The highest BCUT2D eigenvalue weighted by Gasteiger charge is 2.22. The van der Waals surface area contributed by atoms with Gasteiger partial charge in [0, 0.05) is 13.2 Å². The van der Waals surface area contributed by atoms with E-state index in [-0.39, 0.29) is 12.0 Å². The molecule has 0 saturated heterocycles. The van der Waals surface area contributed by atoms with E-state index < -0.39 is 0 Å². The summed E-state index contributed by atoms with van der Waals surface area (Å²) in [5.74, 6) is 0.359. The molecule has 0 saturated carbocycles. The van der Waals surface area contributed by atoms with Crippen molar-refractivity contribution in [2.24, 2.45) is 11.3 Å². The minimum atomic E-state index is 0.206. The van der Waals surface area contributed by atoms with E-state index in [1.165, 1.54) is 0 Å². The fraction of sp³-hybridized carbons (Fsp3) is 1.00. The molecule has 0 aliphatic heterocycles. The SMILES string of the molecule is CNC[C@@H](CO)C(C)(C)C. The number of nitrogens with one attached hydrogen (secondary N) is 1. The van der Waals surface area contributed by atoms with Crippen molar-refractivity contribution in [1.29, 1.82) is 0 Å². The third-order valence-corrected chi connectivity index (χ3v) is 1.90. The molecule has 0 amide bonds. The van der Waals surface area contributed by atoms with Crippen molar-refractivity contribution in [2.45, 2.75) is 20.8 Å². The van der Waals surface area contributed by atoms with E-state index in [4.69, 9.17) is 5.11 Å². The fourth-order valence-electron chi connectivity index (χ4n) is 0.891. The monoisotopic (exact) mass is 145 g/mol. The normalized spacial score (nSPS) is 15.3. The number of aliphatic hydroxyl groups excluding tert-OH is 1. The Balaban J connectivity index is 3.81. The second-order valence-corrected chi connectivity index (χ2v) is 3.80. The summed E-state index contributed by atoms with van der Waals surface area (Å²) in [5, 5.41) is 12.0. The summed E-state index contributed by atoms with van der Waals surface area (Å²) in [7, 11) is 1.91. The van der Waals surface area contributed by atoms with Gasteiger partial charge in [-0.05, 0) is 18.4 Å². The van der Waals surface area contributed by atoms with Gasteiger partial charge in [-0.2, -0.15) is 0 Å². The van der Waals surface area contributed by atoms with Crippen molar-refractivity contribution in [1.82, 2.24) is 5.32 Å². The van der Waals surface area contributed by atoms with E-state index in [0.29, 0.717) is 5.92 Å². The molecule has 0 aromatic rings. The van der Waals surface area contributed by atoms with Crippen LogP contribution in [0.1, 0.15) is 20.8 Å². The second kappa shape index (κ2) is 3.94. The summed E-state index contributed by atoms with van der Waals surface area (Å²) in [4.78, 5) is 0. The molecule has 62 valence electrons. The van der Waals surface area contributed by atoms with Crippen LogP contribution in [-0.4, -0.2) is 25.3 Å². The molecule has 2 nitrogen and oxygen atoms in total. The maximum Gasteiger partial charge on any atom is 0.0476 e. The number of hydrogen-bond acceptors (Lipinski definition) is 2. The van der Waals surface area contributed by atoms with Crippen LogP contribution in [0.4, 0.5) is 0 Å². The lowest BCUT2D eigenvalue weighted by Gasteiger charge is -2.28. The summed E-state index contributed by atoms with van der Waals surface area (Å²) in [5.41, 5.74) is 0.206. The molecule has 0 spiro atoms. The Bertz CT molecular complexity index is 85.7. The quantitative estimate of drug-likeness (QED) is 0.617. The zero-order valence-corrected chi connectivity index (χ0v) is 7.44. The number of rotatable bonds is 3. The van der Waals surface area contributed by atoms with E-state index >= 15 is 0 Å². The highest BCUT2D eigenvalue weighted by atomic mass is 16.3. The van der Waals surface area contributed by atoms with Gasteiger partial charge in [0.15, 0.2) is 0 Å². The van der Waals surface area contributed by atoms with Gasteiger partial charge in [0.25, 0.3) is 0 Å². The lowest BCUT2D eigenvalue weighted by molar-refractivity contribution is 0.131. The van der Waals surface area contributed by atoms with Crippen LogP contribution in [0.25, 0.3) is 0 Å². The molecule has 0 aliphatic carbocycles. The standard InChI is InChI=1S/C8H19NO/c1-8(2,3)7(6-10)5-9-4/h7,9-10H,5-6H2,1-4H3/t7-/m0/s1. The molecular formula is C8H19NO. The maximum absolute atomic E-state index is 8.95.